The molecule has 0 fully saturated rings. The molecular weight excluding hydrogens is 258 g/mol. The van der Waals surface area contributed by atoms with Gasteiger partial charge >= 0.3 is 0 Å². The van der Waals surface area contributed by atoms with Crippen molar-refractivity contribution in [1.82, 2.24) is 0 Å². The van der Waals surface area contributed by atoms with Crippen molar-refractivity contribution in [2.75, 3.05) is 0 Å². The molecule has 0 aliphatic heterocycles. The van der Waals surface area contributed by atoms with Crippen LogP contribution in [0.25, 0.3) is 0 Å². The highest BCUT2D eigenvalue weighted by Crippen LogP contribution is 2.29. The highest BCUT2D eigenvalue weighted by atomic mass is 16.5. The van der Waals surface area contributed by atoms with Gasteiger partial charge in [0.2, 0.25) is 0 Å². The lowest BCUT2D eigenvalue weighted by atomic mass is 10.0. The molecule has 2 N–H and O–H groups in total. The first-order valence-electron chi connectivity index (χ1n) is 7.74. The number of hydrogen-bond acceptors (Lipinski definition) is 2. The van der Waals surface area contributed by atoms with Crippen molar-refractivity contribution < 1.29 is 4.74 Å². The van der Waals surface area contributed by atoms with Crippen molar-refractivity contribution in [3.8, 4) is 11.5 Å². The number of rotatable bonds is 6. The maximum Gasteiger partial charge on any atom is 0.130 e. The zero-order valence-corrected chi connectivity index (χ0v) is 13.2. The SMILES string of the molecule is CCc1ccccc1Oc1ccc(CC(N)CC)cc1C. The number of ether oxygens (including phenoxy) is 1. The monoisotopic (exact) mass is 283 g/mol. The van der Waals surface area contributed by atoms with E-state index >= 15 is 0 Å². The molecule has 2 aromatic carbocycles. The van der Waals surface area contributed by atoms with Crippen LogP contribution in [-0.2, 0) is 12.8 Å². The highest BCUT2D eigenvalue weighted by molar-refractivity contribution is 5.42. The Bertz CT molecular complexity index is 592. The van der Waals surface area contributed by atoms with Gasteiger partial charge < -0.3 is 10.5 Å². The molecule has 0 aromatic heterocycles. The van der Waals surface area contributed by atoms with E-state index in [9.17, 15) is 0 Å². The predicted octanol–water partition coefficient (Wildman–Crippen LogP) is 4.63. The summed E-state index contributed by atoms with van der Waals surface area (Å²) < 4.78 is 6.09. The molecule has 0 aliphatic rings. The van der Waals surface area contributed by atoms with Crippen LogP contribution in [0, 0.1) is 6.92 Å². The zero-order chi connectivity index (χ0) is 15.2. The fraction of sp³-hybridized carbons (Fsp3) is 0.368. The molecule has 1 unspecified atom stereocenters. The minimum absolute atomic E-state index is 0.233. The Balaban J connectivity index is 2.17. The van der Waals surface area contributed by atoms with Crippen molar-refractivity contribution in [3.05, 3.63) is 59.2 Å². The minimum atomic E-state index is 0.233. The molecule has 0 amide bonds. The molecular formula is C19H25NO. The molecule has 0 bridgehead atoms. The lowest BCUT2D eigenvalue weighted by Crippen LogP contribution is -2.21. The number of aryl methyl sites for hydroxylation is 2. The van der Waals surface area contributed by atoms with Crippen molar-refractivity contribution in [2.45, 2.75) is 46.1 Å². The standard InChI is InChI=1S/C19H25NO/c1-4-16-8-6-7-9-19(16)21-18-11-10-15(12-14(18)3)13-17(20)5-2/h6-12,17H,4-5,13,20H2,1-3H3. The minimum Gasteiger partial charge on any atom is -0.457 e. The van der Waals surface area contributed by atoms with E-state index in [1.807, 2.05) is 18.2 Å². The number of nitrogens with two attached hydrogens (primary N) is 1. The van der Waals surface area contributed by atoms with Crippen LogP contribution in [0.4, 0.5) is 0 Å². The Morgan fingerprint density at radius 2 is 1.81 bits per heavy atom. The molecule has 21 heavy (non-hydrogen) atoms. The van der Waals surface area contributed by atoms with Gasteiger partial charge in [-0.05, 0) is 55.0 Å². The summed E-state index contributed by atoms with van der Waals surface area (Å²) in [4.78, 5) is 0. The summed E-state index contributed by atoms with van der Waals surface area (Å²) in [6, 6.07) is 14.8. The van der Waals surface area contributed by atoms with E-state index in [4.69, 9.17) is 10.5 Å². The first kappa shape index (κ1) is 15.6. The summed E-state index contributed by atoms with van der Waals surface area (Å²) >= 11 is 0. The molecule has 0 saturated heterocycles. The van der Waals surface area contributed by atoms with Crippen LogP contribution < -0.4 is 10.5 Å². The number of para-hydroxylation sites is 1. The lowest BCUT2D eigenvalue weighted by Gasteiger charge is -2.14. The third-order valence-electron chi connectivity index (χ3n) is 3.84. The molecule has 0 saturated carbocycles. The van der Waals surface area contributed by atoms with Gasteiger partial charge in [0, 0.05) is 6.04 Å². The molecule has 112 valence electrons. The molecule has 2 aromatic rings. The van der Waals surface area contributed by atoms with Gasteiger partial charge in [-0.1, -0.05) is 44.2 Å². The largest absolute Gasteiger partial charge is 0.457 e. The number of hydrogen-bond donors (Lipinski definition) is 1. The average molecular weight is 283 g/mol. The van der Waals surface area contributed by atoms with Gasteiger partial charge in [-0.15, -0.1) is 0 Å². The highest BCUT2D eigenvalue weighted by Gasteiger charge is 2.07. The van der Waals surface area contributed by atoms with E-state index in [2.05, 4.69) is 45.0 Å². The second-order valence-electron chi connectivity index (χ2n) is 5.54. The molecule has 2 nitrogen and oxygen atoms in total. The Morgan fingerprint density at radius 1 is 1.05 bits per heavy atom. The zero-order valence-electron chi connectivity index (χ0n) is 13.2. The van der Waals surface area contributed by atoms with Crippen LogP contribution in [0.2, 0.25) is 0 Å². The Kier molecular flexibility index (Phi) is 5.40. The van der Waals surface area contributed by atoms with Crippen LogP contribution in [0.1, 0.15) is 37.0 Å². The fourth-order valence-corrected chi connectivity index (χ4v) is 2.41. The molecule has 2 heteroatoms. The Morgan fingerprint density at radius 3 is 2.48 bits per heavy atom. The summed E-state index contributed by atoms with van der Waals surface area (Å²) in [5.41, 5.74) is 9.68. The van der Waals surface area contributed by atoms with Crippen LogP contribution in [0.15, 0.2) is 42.5 Å². The van der Waals surface area contributed by atoms with Gasteiger partial charge in [-0.3, -0.25) is 0 Å². The van der Waals surface area contributed by atoms with Crippen molar-refractivity contribution in [2.24, 2.45) is 5.73 Å². The topological polar surface area (TPSA) is 35.2 Å². The summed E-state index contributed by atoms with van der Waals surface area (Å²) in [6.45, 7) is 6.35. The van der Waals surface area contributed by atoms with E-state index < -0.39 is 0 Å². The Hall–Kier alpha value is -1.80. The maximum absolute atomic E-state index is 6.09. The molecule has 1 atom stereocenters. The van der Waals surface area contributed by atoms with Crippen LogP contribution >= 0.6 is 0 Å². The van der Waals surface area contributed by atoms with Crippen molar-refractivity contribution in [1.29, 1.82) is 0 Å². The first-order valence-corrected chi connectivity index (χ1v) is 7.74. The van der Waals surface area contributed by atoms with Gasteiger partial charge in [0.1, 0.15) is 11.5 Å². The summed E-state index contributed by atoms with van der Waals surface area (Å²) in [7, 11) is 0. The van der Waals surface area contributed by atoms with Crippen molar-refractivity contribution in [3.63, 3.8) is 0 Å². The van der Waals surface area contributed by atoms with Gasteiger partial charge in [0.05, 0.1) is 0 Å². The Labute approximate surface area is 127 Å². The van der Waals surface area contributed by atoms with Gasteiger partial charge in [-0.25, -0.2) is 0 Å². The first-order chi connectivity index (χ1) is 10.1. The average Bonchev–Trinajstić information content (AvgIpc) is 2.50. The molecule has 0 heterocycles. The second kappa shape index (κ2) is 7.28. The normalized spacial score (nSPS) is 12.2. The summed E-state index contributed by atoms with van der Waals surface area (Å²) in [5.74, 6) is 1.87. The number of benzene rings is 2. The van der Waals surface area contributed by atoms with E-state index in [0.717, 1.165) is 36.3 Å². The summed E-state index contributed by atoms with van der Waals surface area (Å²) in [6.07, 6.45) is 2.89. The van der Waals surface area contributed by atoms with Crippen LogP contribution in [-0.4, -0.2) is 6.04 Å². The van der Waals surface area contributed by atoms with Gasteiger partial charge in [0.15, 0.2) is 0 Å². The predicted molar refractivity (Wildman–Crippen MR) is 89.0 cm³/mol. The molecule has 2 rings (SSSR count). The van der Waals surface area contributed by atoms with Crippen LogP contribution in [0.3, 0.4) is 0 Å². The lowest BCUT2D eigenvalue weighted by molar-refractivity contribution is 0.473. The quantitative estimate of drug-likeness (QED) is 0.839. The molecule has 0 spiro atoms. The van der Waals surface area contributed by atoms with Gasteiger partial charge in [-0.2, -0.15) is 0 Å². The van der Waals surface area contributed by atoms with E-state index in [1.54, 1.807) is 0 Å². The smallest absolute Gasteiger partial charge is 0.130 e. The van der Waals surface area contributed by atoms with Crippen molar-refractivity contribution >= 4 is 0 Å². The fourth-order valence-electron chi connectivity index (χ4n) is 2.41. The third kappa shape index (κ3) is 4.08. The van der Waals surface area contributed by atoms with E-state index in [0.29, 0.717) is 0 Å². The summed E-state index contributed by atoms with van der Waals surface area (Å²) in [5, 5.41) is 0. The molecule has 0 aliphatic carbocycles. The molecule has 0 radical (unpaired) electrons. The maximum atomic E-state index is 6.09. The van der Waals surface area contributed by atoms with Gasteiger partial charge in [0.25, 0.3) is 0 Å². The van der Waals surface area contributed by atoms with E-state index in [-0.39, 0.29) is 6.04 Å². The second-order valence-corrected chi connectivity index (χ2v) is 5.54. The van der Waals surface area contributed by atoms with Crippen LogP contribution in [0.5, 0.6) is 11.5 Å². The third-order valence-corrected chi connectivity index (χ3v) is 3.84. The van der Waals surface area contributed by atoms with E-state index in [1.165, 1.54) is 11.1 Å².